The smallest absolute Gasteiger partial charge is 0.182 e. The van der Waals surface area contributed by atoms with Gasteiger partial charge in [0.15, 0.2) is 9.84 Å². The van der Waals surface area contributed by atoms with Gasteiger partial charge in [0.25, 0.3) is 0 Å². The fourth-order valence-corrected chi connectivity index (χ4v) is 4.64. The van der Waals surface area contributed by atoms with Gasteiger partial charge in [-0.3, -0.25) is 0 Å². The molecule has 0 aromatic heterocycles. The number of aliphatic hydroxyl groups excluding tert-OH is 1. The Hall–Kier alpha value is -2.61. The molecule has 7 heteroatoms. The Balaban J connectivity index is 1.82. The number of aliphatic hydroxyl groups is 1. The van der Waals surface area contributed by atoms with Gasteiger partial charge in [-0.2, -0.15) is 0 Å². The van der Waals surface area contributed by atoms with Gasteiger partial charge in [-0.15, -0.1) is 0 Å². The zero-order valence-electron chi connectivity index (χ0n) is 16.5. The van der Waals surface area contributed by atoms with Crippen molar-refractivity contribution < 1.29 is 22.3 Å². The third-order valence-electron chi connectivity index (χ3n) is 4.80. The summed E-state index contributed by atoms with van der Waals surface area (Å²) in [5.41, 5.74) is 2.09. The van der Waals surface area contributed by atoms with Gasteiger partial charge >= 0.3 is 0 Å². The topological polar surface area (TPSA) is 66.4 Å². The molecule has 0 fully saturated rings. The normalized spacial score (nSPS) is 12.7. The van der Waals surface area contributed by atoms with Crippen LogP contribution in [0.5, 0.6) is 0 Å². The zero-order valence-corrected chi connectivity index (χ0v) is 17.3. The molecule has 2 N–H and O–H groups in total. The average Bonchev–Trinajstić information content (AvgIpc) is 2.72. The minimum atomic E-state index is -3.63. The number of nitrogens with one attached hydrogen (secondary N) is 1. The van der Waals surface area contributed by atoms with E-state index in [0.29, 0.717) is 17.7 Å². The Morgan fingerprint density at radius 1 is 1.00 bits per heavy atom. The predicted molar refractivity (Wildman–Crippen MR) is 113 cm³/mol. The SMILES string of the molecule is CCNC(CO)c1cccc(CS(=O)(=O)c2ccc(-c3ccc(F)cc3F)cc2)c1. The zero-order chi connectivity index (χ0) is 21.7. The van der Waals surface area contributed by atoms with E-state index in [1.54, 1.807) is 18.2 Å². The molecule has 0 heterocycles. The lowest BCUT2D eigenvalue weighted by Gasteiger charge is -2.16. The van der Waals surface area contributed by atoms with Gasteiger partial charge in [0.05, 0.1) is 23.3 Å². The van der Waals surface area contributed by atoms with E-state index in [0.717, 1.165) is 17.7 Å². The van der Waals surface area contributed by atoms with E-state index in [9.17, 15) is 22.3 Å². The van der Waals surface area contributed by atoms with E-state index in [4.69, 9.17) is 0 Å². The number of likely N-dealkylation sites (N-methyl/N-ethyl adjacent to an activating group) is 1. The standard InChI is InChI=1S/C23H23F2NO3S/c1-2-26-23(14-27)18-5-3-4-16(12-18)15-30(28,29)20-9-6-17(7-10-20)21-11-8-19(24)13-22(21)25/h3-13,23,26-27H,2,14-15H2,1H3. The van der Waals surface area contributed by atoms with Crippen LogP contribution in [0.2, 0.25) is 0 Å². The molecular weight excluding hydrogens is 408 g/mol. The quantitative estimate of drug-likeness (QED) is 0.560. The lowest BCUT2D eigenvalue weighted by atomic mass is 10.1. The second-order valence-electron chi connectivity index (χ2n) is 6.95. The highest BCUT2D eigenvalue weighted by atomic mass is 32.2. The van der Waals surface area contributed by atoms with Crippen LogP contribution in [-0.2, 0) is 15.6 Å². The number of hydrogen-bond donors (Lipinski definition) is 2. The van der Waals surface area contributed by atoms with E-state index in [2.05, 4.69) is 5.32 Å². The first-order chi connectivity index (χ1) is 14.3. The molecule has 3 aromatic rings. The van der Waals surface area contributed by atoms with E-state index in [1.165, 1.54) is 30.3 Å². The highest BCUT2D eigenvalue weighted by Gasteiger charge is 2.17. The monoisotopic (exact) mass is 431 g/mol. The average molecular weight is 432 g/mol. The van der Waals surface area contributed by atoms with Crippen molar-refractivity contribution in [3.8, 4) is 11.1 Å². The molecule has 158 valence electrons. The number of hydrogen-bond acceptors (Lipinski definition) is 4. The largest absolute Gasteiger partial charge is 0.394 e. The van der Waals surface area contributed by atoms with E-state index in [-0.39, 0.29) is 28.9 Å². The molecule has 3 rings (SSSR count). The first kappa shape index (κ1) is 22.1. The third kappa shape index (κ3) is 5.11. The summed E-state index contributed by atoms with van der Waals surface area (Å²) in [5.74, 6) is -1.58. The van der Waals surface area contributed by atoms with Gasteiger partial charge in [-0.25, -0.2) is 17.2 Å². The lowest BCUT2D eigenvalue weighted by molar-refractivity contribution is 0.246. The van der Waals surface area contributed by atoms with E-state index in [1.807, 2.05) is 13.0 Å². The summed E-state index contributed by atoms with van der Waals surface area (Å²) in [5, 5.41) is 12.7. The van der Waals surface area contributed by atoms with Crippen molar-refractivity contribution in [2.75, 3.05) is 13.2 Å². The van der Waals surface area contributed by atoms with Crippen LogP contribution in [-0.4, -0.2) is 26.7 Å². The van der Waals surface area contributed by atoms with Crippen molar-refractivity contribution in [2.24, 2.45) is 0 Å². The maximum atomic E-state index is 14.0. The van der Waals surface area contributed by atoms with Crippen LogP contribution < -0.4 is 5.32 Å². The van der Waals surface area contributed by atoms with Crippen molar-refractivity contribution in [2.45, 2.75) is 23.6 Å². The predicted octanol–water partition coefficient (Wildman–Crippen LogP) is 4.25. The maximum absolute atomic E-state index is 14.0. The van der Waals surface area contributed by atoms with Crippen LogP contribution in [0, 0.1) is 11.6 Å². The first-order valence-electron chi connectivity index (χ1n) is 9.55. The minimum Gasteiger partial charge on any atom is -0.394 e. The molecule has 0 saturated carbocycles. The molecule has 1 unspecified atom stereocenters. The van der Waals surface area contributed by atoms with E-state index >= 15 is 0 Å². The Morgan fingerprint density at radius 3 is 2.37 bits per heavy atom. The number of rotatable bonds is 8. The molecule has 4 nitrogen and oxygen atoms in total. The van der Waals surface area contributed by atoms with Gasteiger partial charge in [-0.05, 0) is 47.5 Å². The first-order valence-corrected chi connectivity index (χ1v) is 11.2. The van der Waals surface area contributed by atoms with Crippen LogP contribution in [0.25, 0.3) is 11.1 Å². The van der Waals surface area contributed by atoms with Crippen molar-refractivity contribution in [1.29, 1.82) is 0 Å². The van der Waals surface area contributed by atoms with Gasteiger partial charge in [0, 0.05) is 11.6 Å². The van der Waals surface area contributed by atoms with Crippen LogP contribution >= 0.6 is 0 Å². The molecule has 30 heavy (non-hydrogen) atoms. The third-order valence-corrected chi connectivity index (χ3v) is 6.50. The minimum absolute atomic E-state index is 0.0918. The molecule has 0 saturated heterocycles. The number of benzene rings is 3. The van der Waals surface area contributed by atoms with Gasteiger partial charge in [-0.1, -0.05) is 43.3 Å². The second-order valence-corrected chi connectivity index (χ2v) is 8.94. The summed E-state index contributed by atoms with van der Waals surface area (Å²) in [6.45, 7) is 2.51. The van der Waals surface area contributed by atoms with Crippen molar-refractivity contribution >= 4 is 9.84 Å². The Morgan fingerprint density at radius 2 is 1.73 bits per heavy atom. The van der Waals surface area contributed by atoms with Gasteiger partial charge in [0.1, 0.15) is 11.6 Å². The summed E-state index contributed by atoms with van der Waals surface area (Å²) < 4.78 is 52.8. The van der Waals surface area contributed by atoms with E-state index < -0.39 is 21.5 Å². The van der Waals surface area contributed by atoms with Crippen LogP contribution in [0.1, 0.15) is 24.1 Å². The number of sulfone groups is 1. The molecule has 0 aliphatic carbocycles. The fraction of sp³-hybridized carbons (Fsp3) is 0.217. The lowest BCUT2D eigenvalue weighted by Crippen LogP contribution is -2.24. The molecule has 3 aromatic carbocycles. The molecule has 0 bridgehead atoms. The van der Waals surface area contributed by atoms with Crippen molar-refractivity contribution in [3.63, 3.8) is 0 Å². The van der Waals surface area contributed by atoms with Crippen LogP contribution in [0.3, 0.4) is 0 Å². The molecule has 0 amide bonds. The number of halogens is 2. The van der Waals surface area contributed by atoms with Gasteiger partial charge in [0.2, 0.25) is 0 Å². The summed E-state index contributed by atoms with van der Waals surface area (Å²) in [7, 11) is -3.63. The highest BCUT2D eigenvalue weighted by Crippen LogP contribution is 2.26. The van der Waals surface area contributed by atoms with Crippen LogP contribution in [0.15, 0.2) is 71.6 Å². The van der Waals surface area contributed by atoms with Crippen LogP contribution in [0.4, 0.5) is 8.78 Å². The molecule has 0 aliphatic rings. The fourth-order valence-electron chi connectivity index (χ4n) is 3.30. The summed E-state index contributed by atoms with van der Waals surface area (Å²) >= 11 is 0. The Labute approximate surface area is 175 Å². The summed E-state index contributed by atoms with van der Waals surface area (Å²) in [6.07, 6.45) is 0. The van der Waals surface area contributed by atoms with Crippen molar-refractivity contribution in [1.82, 2.24) is 5.32 Å². The maximum Gasteiger partial charge on any atom is 0.182 e. The molecular formula is C23H23F2NO3S. The van der Waals surface area contributed by atoms with Gasteiger partial charge < -0.3 is 10.4 Å². The molecule has 0 spiro atoms. The second kappa shape index (κ2) is 9.47. The molecule has 0 aliphatic heterocycles. The van der Waals surface area contributed by atoms with Crippen molar-refractivity contribution in [3.05, 3.63) is 89.5 Å². The molecule has 0 radical (unpaired) electrons. The molecule has 1 atom stereocenters. The highest BCUT2D eigenvalue weighted by molar-refractivity contribution is 7.90. The summed E-state index contributed by atoms with van der Waals surface area (Å²) in [4.78, 5) is 0.115. The Bertz CT molecular complexity index is 1120. The summed E-state index contributed by atoms with van der Waals surface area (Å²) in [6, 6.07) is 16.0. The Kier molecular flexibility index (Phi) is 6.97.